The molecule has 2 atom stereocenters. The van der Waals surface area contributed by atoms with Crippen LogP contribution < -0.4 is 4.90 Å². The first-order valence-corrected chi connectivity index (χ1v) is 9.37. The van der Waals surface area contributed by atoms with Crippen LogP contribution in [0.2, 0.25) is 0 Å². The van der Waals surface area contributed by atoms with Crippen molar-refractivity contribution in [3.63, 3.8) is 0 Å². The van der Waals surface area contributed by atoms with Crippen LogP contribution in [0.15, 0.2) is 24.3 Å². The molecule has 1 aliphatic heterocycles. The Bertz CT molecular complexity index is 829. The smallest absolute Gasteiger partial charge is 0.371 e. The zero-order valence-electron chi connectivity index (χ0n) is 16.9. The van der Waals surface area contributed by atoms with Crippen molar-refractivity contribution in [1.29, 1.82) is 0 Å². The largest absolute Gasteiger partial charge is 0.460 e. The third-order valence-electron chi connectivity index (χ3n) is 5.68. The number of hydrogen-bond donors (Lipinski definition) is 0. The SMILES string of the molecule is Cc1ccc(N2CC(C)C(CC(F)(F)C(F)(F)C(F)(F)C(F)(F)C(F)(F)C(F)(F)F)C2)cc1. The van der Waals surface area contributed by atoms with Gasteiger partial charge in [0.1, 0.15) is 0 Å². The predicted octanol–water partition coefficient (Wildman–Crippen LogP) is 7.20. The maximum Gasteiger partial charge on any atom is 0.460 e. The summed E-state index contributed by atoms with van der Waals surface area (Å²) in [5.74, 6) is -38.9. The third kappa shape index (κ3) is 4.33. The minimum absolute atomic E-state index is 0.00588. The maximum absolute atomic E-state index is 14.2. The van der Waals surface area contributed by atoms with Crippen molar-refractivity contribution in [1.82, 2.24) is 0 Å². The highest BCUT2D eigenvalue weighted by molar-refractivity contribution is 5.48. The number of anilines is 1. The zero-order valence-corrected chi connectivity index (χ0v) is 16.9. The first-order valence-electron chi connectivity index (χ1n) is 9.37. The topological polar surface area (TPSA) is 3.24 Å². The molecule has 33 heavy (non-hydrogen) atoms. The molecule has 1 aromatic rings. The molecule has 14 heteroatoms. The molecule has 190 valence electrons. The van der Waals surface area contributed by atoms with Crippen LogP contribution in [0, 0.1) is 18.8 Å². The lowest BCUT2D eigenvalue weighted by atomic mass is 9.85. The Hall–Kier alpha value is -1.89. The molecule has 2 rings (SSSR count). The fourth-order valence-corrected chi connectivity index (χ4v) is 3.53. The molecule has 1 aliphatic rings. The van der Waals surface area contributed by atoms with Crippen LogP contribution in [-0.4, -0.2) is 48.9 Å². The highest BCUT2D eigenvalue weighted by Gasteiger charge is 2.90. The van der Waals surface area contributed by atoms with E-state index < -0.39 is 60.6 Å². The van der Waals surface area contributed by atoms with Gasteiger partial charge in [-0.1, -0.05) is 24.6 Å². The fraction of sp³-hybridized carbons (Fsp3) is 0.684. The summed E-state index contributed by atoms with van der Waals surface area (Å²) >= 11 is 0. The summed E-state index contributed by atoms with van der Waals surface area (Å²) in [5, 5.41) is 0. The molecule has 1 saturated heterocycles. The molecule has 0 bridgehead atoms. The van der Waals surface area contributed by atoms with Gasteiger partial charge in [0.25, 0.3) is 0 Å². The van der Waals surface area contributed by atoms with Gasteiger partial charge >= 0.3 is 35.8 Å². The van der Waals surface area contributed by atoms with E-state index in [1.165, 1.54) is 11.8 Å². The summed E-state index contributed by atoms with van der Waals surface area (Å²) < 4.78 is 173. The summed E-state index contributed by atoms with van der Waals surface area (Å²) in [5.41, 5.74) is 1.29. The molecular formula is C19H18F13N. The quantitative estimate of drug-likeness (QED) is 0.353. The minimum atomic E-state index is -7.86. The van der Waals surface area contributed by atoms with Crippen LogP contribution in [0.3, 0.4) is 0 Å². The van der Waals surface area contributed by atoms with E-state index in [1.54, 1.807) is 31.2 Å². The molecule has 0 radical (unpaired) electrons. The third-order valence-corrected chi connectivity index (χ3v) is 5.68. The second-order valence-electron chi connectivity index (χ2n) is 8.18. The van der Waals surface area contributed by atoms with E-state index in [0.717, 1.165) is 5.56 Å². The van der Waals surface area contributed by atoms with Gasteiger partial charge in [0.05, 0.1) is 0 Å². The molecule has 2 unspecified atom stereocenters. The van der Waals surface area contributed by atoms with Gasteiger partial charge < -0.3 is 4.90 Å². The second-order valence-corrected chi connectivity index (χ2v) is 8.18. The molecule has 0 N–H and O–H groups in total. The monoisotopic (exact) mass is 507 g/mol. The van der Waals surface area contributed by atoms with Gasteiger partial charge in [0.15, 0.2) is 0 Å². The van der Waals surface area contributed by atoms with Crippen molar-refractivity contribution in [3.05, 3.63) is 29.8 Å². The number of hydrogen-bond acceptors (Lipinski definition) is 1. The molecular weight excluding hydrogens is 489 g/mol. The van der Waals surface area contributed by atoms with E-state index in [0.29, 0.717) is 5.69 Å². The maximum atomic E-state index is 14.2. The van der Waals surface area contributed by atoms with E-state index in [2.05, 4.69) is 0 Å². The molecule has 0 spiro atoms. The van der Waals surface area contributed by atoms with Crippen LogP contribution >= 0.6 is 0 Å². The number of rotatable bonds is 7. The lowest BCUT2D eigenvalue weighted by Crippen LogP contribution is -2.70. The van der Waals surface area contributed by atoms with Crippen LogP contribution in [0.1, 0.15) is 18.9 Å². The van der Waals surface area contributed by atoms with Crippen LogP contribution in [0.25, 0.3) is 0 Å². The fourth-order valence-electron chi connectivity index (χ4n) is 3.53. The molecule has 1 nitrogen and oxygen atoms in total. The van der Waals surface area contributed by atoms with Crippen LogP contribution in [0.4, 0.5) is 62.8 Å². The van der Waals surface area contributed by atoms with Gasteiger partial charge in [-0.3, -0.25) is 0 Å². The minimum Gasteiger partial charge on any atom is -0.371 e. The van der Waals surface area contributed by atoms with Crippen molar-refractivity contribution in [2.45, 2.75) is 56.1 Å². The van der Waals surface area contributed by atoms with Gasteiger partial charge in [0, 0.05) is 25.2 Å². The lowest BCUT2D eigenvalue weighted by Gasteiger charge is -2.40. The second kappa shape index (κ2) is 8.10. The molecule has 0 aromatic heterocycles. The van der Waals surface area contributed by atoms with Gasteiger partial charge in [-0.25, -0.2) is 0 Å². The van der Waals surface area contributed by atoms with Crippen molar-refractivity contribution in [3.8, 4) is 0 Å². The van der Waals surface area contributed by atoms with Crippen LogP contribution in [-0.2, 0) is 0 Å². The number of aryl methyl sites for hydroxylation is 1. The van der Waals surface area contributed by atoms with Crippen molar-refractivity contribution in [2.24, 2.45) is 11.8 Å². The standard InChI is InChI=1S/C19H18F13N/c1-10-3-5-13(6-4-10)33-8-11(2)12(9-33)7-14(20,21)15(22,23)16(24,25)17(26,27)18(28,29)19(30,31)32/h3-6,11-12H,7-9H2,1-2H3. The molecule has 0 aliphatic carbocycles. The first kappa shape index (κ1) is 27.4. The van der Waals surface area contributed by atoms with Crippen molar-refractivity contribution < 1.29 is 57.1 Å². The van der Waals surface area contributed by atoms with Gasteiger partial charge in [-0.2, -0.15) is 57.1 Å². The number of nitrogens with zero attached hydrogens (tertiary/aromatic N) is 1. The van der Waals surface area contributed by atoms with Crippen molar-refractivity contribution >= 4 is 5.69 Å². The van der Waals surface area contributed by atoms with E-state index in [4.69, 9.17) is 0 Å². The Kier molecular flexibility index (Phi) is 6.72. The lowest BCUT2D eigenvalue weighted by molar-refractivity contribution is -0.440. The molecule has 0 saturated carbocycles. The number of benzene rings is 1. The van der Waals surface area contributed by atoms with E-state index >= 15 is 0 Å². The first-order chi connectivity index (χ1) is 14.6. The van der Waals surface area contributed by atoms with E-state index in [9.17, 15) is 57.1 Å². The van der Waals surface area contributed by atoms with E-state index in [1.807, 2.05) is 0 Å². The van der Waals surface area contributed by atoms with E-state index in [-0.39, 0.29) is 6.54 Å². The summed E-state index contributed by atoms with van der Waals surface area (Å²) in [6, 6.07) is 6.40. The Balaban J connectivity index is 2.31. The highest BCUT2D eigenvalue weighted by Crippen LogP contribution is 2.61. The molecule has 1 heterocycles. The number of halogens is 13. The summed E-state index contributed by atoms with van der Waals surface area (Å²) in [6.07, 6.45) is -9.55. The zero-order chi connectivity index (χ0) is 25.8. The Morgan fingerprint density at radius 1 is 0.697 bits per heavy atom. The molecule has 0 amide bonds. The van der Waals surface area contributed by atoms with Gasteiger partial charge in [-0.15, -0.1) is 0 Å². The molecule has 1 fully saturated rings. The average molecular weight is 507 g/mol. The summed E-state index contributed by atoms with van der Waals surface area (Å²) in [6.45, 7) is 2.63. The van der Waals surface area contributed by atoms with Gasteiger partial charge in [0.2, 0.25) is 0 Å². The molecule has 1 aromatic carbocycles. The van der Waals surface area contributed by atoms with Gasteiger partial charge in [-0.05, 0) is 30.9 Å². The normalized spacial score (nSPS) is 21.6. The number of alkyl halides is 13. The average Bonchev–Trinajstić information content (AvgIpc) is 3.00. The summed E-state index contributed by atoms with van der Waals surface area (Å²) in [4.78, 5) is 1.44. The predicted molar refractivity (Wildman–Crippen MR) is 91.5 cm³/mol. The Labute approximate surface area is 179 Å². The Morgan fingerprint density at radius 2 is 1.15 bits per heavy atom. The van der Waals surface area contributed by atoms with Crippen molar-refractivity contribution in [2.75, 3.05) is 18.0 Å². The highest BCUT2D eigenvalue weighted by atomic mass is 19.4. The summed E-state index contributed by atoms with van der Waals surface area (Å²) in [7, 11) is 0. The Morgan fingerprint density at radius 3 is 1.61 bits per heavy atom. The van der Waals surface area contributed by atoms with Crippen LogP contribution in [0.5, 0.6) is 0 Å².